The van der Waals surface area contributed by atoms with E-state index in [0.29, 0.717) is 6.54 Å². The smallest absolute Gasteiger partial charge is 0.410 e. The SMILES string of the molecule is C#CC1CC1N(Cc1nc2c([nH]1)CCCc1cc(Br)ccc1-2)C(=O)OC(C)(C)C. The quantitative estimate of drug-likeness (QED) is 0.655. The van der Waals surface area contributed by atoms with Crippen molar-refractivity contribution in [3.05, 3.63) is 39.8 Å². The summed E-state index contributed by atoms with van der Waals surface area (Å²) in [7, 11) is 0. The fourth-order valence-electron chi connectivity index (χ4n) is 3.90. The van der Waals surface area contributed by atoms with Crippen LogP contribution in [-0.2, 0) is 24.1 Å². The van der Waals surface area contributed by atoms with Gasteiger partial charge in [0.25, 0.3) is 0 Å². The summed E-state index contributed by atoms with van der Waals surface area (Å²) in [5.41, 5.74) is 4.04. The second-order valence-electron chi connectivity index (χ2n) is 8.85. The molecule has 0 bridgehead atoms. The summed E-state index contributed by atoms with van der Waals surface area (Å²) in [6.07, 6.45) is 9.10. The van der Waals surface area contributed by atoms with Crippen molar-refractivity contribution in [2.75, 3.05) is 0 Å². The van der Waals surface area contributed by atoms with Crippen LogP contribution in [0.2, 0.25) is 0 Å². The van der Waals surface area contributed by atoms with E-state index in [1.165, 1.54) is 11.1 Å². The van der Waals surface area contributed by atoms with Gasteiger partial charge in [0, 0.05) is 21.6 Å². The number of amides is 1. The van der Waals surface area contributed by atoms with E-state index in [-0.39, 0.29) is 18.1 Å². The van der Waals surface area contributed by atoms with Gasteiger partial charge in [0.2, 0.25) is 0 Å². The number of aryl methyl sites for hydroxylation is 2. The number of hydrogen-bond acceptors (Lipinski definition) is 3. The summed E-state index contributed by atoms with van der Waals surface area (Å²) in [6.45, 7) is 5.99. The fourth-order valence-corrected chi connectivity index (χ4v) is 4.31. The zero-order valence-electron chi connectivity index (χ0n) is 17.1. The van der Waals surface area contributed by atoms with E-state index in [1.807, 2.05) is 20.8 Å². The van der Waals surface area contributed by atoms with E-state index >= 15 is 0 Å². The zero-order valence-corrected chi connectivity index (χ0v) is 18.7. The molecule has 2 aliphatic rings. The molecule has 1 fully saturated rings. The molecule has 1 saturated carbocycles. The standard InChI is InChI=1S/C23H26BrN3O2/c1-5-14-12-19(14)27(22(28)29-23(2,3)4)13-20-25-18-8-6-7-15-11-16(24)9-10-17(15)21(18)26-20/h1,9-11,14,19H,6-8,12-13H2,2-4H3,(H,25,26). The summed E-state index contributed by atoms with van der Waals surface area (Å²) in [5.74, 6) is 3.63. The first-order valence-corrected chi connectivity index (χ1v) is 10.9. The maximum atomic E-state index is 12.8. The second-order valence-corrected chi connectivity index (χ2v) is 9.77. The highest BCUT2D eigenvalue weighted by Gasteiger charge is 2.44. The molecule has 2 aliphatic carbocycles. The normalized spacial score (nSPS) is 20.1. The van der Waals surface area contributed by atoms with E-state index in [0.717, 1.165) is 47.4 Å². The molecule has 1 N–H and O–H groups in total. The van der Waals surface area contributed by atoms with Gasteiger partial charge >= 0.3 is 6.09 Å². The van der Waals surface area contributed by atoms with Crippen LogP contribution in [0.15, 0.2) is 22.7 Å². The van der Waals surface area contributed by atoms with Crippen LogP contribution in [0.4, 0.5) is 4.79 Å². The third-order valence-corrected chi connectivity index (χ3v) is 5.84. The molecule has 152 valence electrons. The molecule has 0 saturated heterocycles. The lowest BCUT2D eigenvalue weighted by Gasteiger charge is -2.27. The molecule has 2 aromatic rings. The van der Waals surface area contributed by atoms with Crippen LogP contribution >= 0.6 is 15.9 Å². The van der Waals surface area contributed by atoms with Gasteiger partial charge in [-0.2, -0.15) is 0 Å². The molecule has 2 atom stereocenters. The van der Waals surface area contributed by atoms with E-state index in [4.69, 9.17) is 16.1 Å². The average Bonchev–Trinajstić information content (AvgIpc) is 3.34. The molecule has 1 aromatic carbocycles. The highest BCUT2D eigenvalue weighted by Crippen LogP contribution is 2.37. The van der Waals surface area contributed by atoms with Gasteiger partial charge in [0.1, 0.15) is 11.4 Å². The van der Waals surface area contributed by atoms with Gasteiger partial charge in [-0.15, -0.1) is 12.3 Å². The van der Waals surface area contributed by atoms with Gasteiger partial charge in [-0.05, 0) is 64.2 Å². The maximum absolute atomic E-state index is 12.8. The Morgan fingerprint density at radius 2 is 2.21 bits per heavy atom. The van der Waals surface area contributed by atoms with Crippen LogP contribution in [0.5, 0.6) is 0 Å². The second kappa shape index (κ2) is 7.53. The number of imidazole rings is 1. The molecule has 0 spiro atoms. The van der Waals surface area contributed by atoms with E-state index in [2.05, 4.69) is 45.0 Å². The predicted octanol–water partition coefficient (Wildman–Crippen LogP) is 5.09. The summed E-state index contributed by atoms with van der Waals surface area (Å²) in [5, 5.41) is 0. The number of halogens is 1. The number of fused-ring (bicyclic) bond motifs is 3. The number of benzene rings is 1. The number of carbonyl (C=O) groups excluding carboxylic acids is 1. The van der Waals surface area contributed by atoms with Crippen LogP contribution in [0, 0.1) is 18.3 Å². The molecule has 1 amide bonds. The van der Waals surface area contributed by atoms with Gasteiger partial charge in [0.15, 0.2) is 0 Å². The van der Waals surface area contributed by atoms with Crippen LogP contribution in [-0.4, -0.2) is 32.6 Å². The number of aromatic nitrogens is 2. The Labute approximate surface area is 180 Å². The number of terminal acetylenes is 1. The minimum Gasteiger partial charge on any atom is -0.444 e. The third kappa shape index (κ3) is 4.35. The van der Waals surface area contributed by atoms with Crippen molar-refractivity contribution in [1.29, 1.82) is 0 Å². The number of nitrogens with one attached hydrogen (secondary N) is 1. The Kier molecular flexibility index (Phi) is 5.20. The molecule has 6 heteroatoms. The topological polar surface area (TPSA) is 58.2 Å². The summed E-state index contributed by atoms with van der Waals surface area (Å²) >= 11 is 3.57. The largest absolute Gasteiger partial charge is 0.444 e. The third-order valence-electron chi connectivity index (χ3n) is 5.34. The van der Waals surface area contributed by atoms with Gasteiger partial charge in [-0.25, -0.2) is 9.78 Å². The molecule has 2 unspecified atom stereocenters. The number of ether oxygens (including phenoxy) is 1. The molecule has 0 aliphatic heterocycles. The maximum Gasteiger partial charge on any atom is 0.410 e. The van der Waals surface area contributed by atoms with Crippen LogP contribution in [0.1, 0.15) is 50.7 Å². The van der Waals surface area contributed by atoms with Gasteiger partial charge in [-0.1, -0.05) is 22.0 Å². The first-order valence-electron chi connectivity index (χ1n) is 10.1. The highest BCUT2D eigenvalue weighted by molar-refractivity contribution is 9.10. The number of carbonyl (C=O) groups is 1. The molecular formula is C23H26BrN3O2. The van der Waals surface area contributed by atoms with E-state index in [9.17, 15) is 4.79 Å². The lowest BCUT2D eigenvalue weighted by atomic mass is 10.0. The number of H-pyrrole nitrogens is 1. The van der Waals surface area contributed by atoms with Crippen molar-refractivity contribution >= 4 is 22.0 Å². The monoisotopic (exact) mass is 455 g/mol. The minimum absolute atomic E-state index is 0.0167. The average molecular weight is 456 g/mol. The minimum atomic E-state index is -0.553. The molecule has 1 heterocycles. The Balaban J connectivity index is 1.62. The lowest BCUT2D eigenvalue weighted by molar-refractivity contribution is 0.0206. The van der Waals surface area contributed by atoms with Crippen molar-refractivity contribution in [1.82, 2.24) is 14.9 Å². The van der Waals surface area contributed by atoms with Gasteiger partial charge < -0.3 is 9.72 Å². The summed E-state index contributed by atoms with van der Waals surface area (Å²) in [6, 6.07) is 6.36. The zero-order chi connectivity index (χ0) is 20.8. The molecule has 5 nitrogen and oxygen atoms in total. The number of hydrogen-bond donors (Lipinski definition) is 1. The lowest BCUT2D eigenvalue weighted by Crippen LogP contribution is -2.38. The number of rotatable bonds is 3. The Morgan fingerprint density at radius 3 is 2.90 bits per heavy atom. The predicted molar refractivity (Wildman–Crippen MR) is 116 cm³/mol. The van der Waals surface area contributed by atoms with Gasteiger partial charge in [0.05, 0.1) is 18.3 Å². The Morgan fingerprint density at radius 1 is 1.41 bits per heavy atom. The number of nitrogens with zero attached hydrogens (tertiary/aromatic N) is 2. The van der Waals surface area contributed by atoms with Crippen molar-refractivity contribution in [3.8, 4) is 23.6 Å². The summed E-state index contributed by atoms with van der Waals surface area (Å²) < 4.78 is 6.71. The van der Waals surface area contributed by atoms with Crippen molar-refractivity contribution in [3.63, 3.8) is 0 Å². The molecule has 0 radical (unpaired) electrons. The number of aromatic amines is 1. The summed E-state index contributed by atoms with van der Waals surface area (Å²) in [4.78, 5) is 22.9. The molecule has 1 aromatic heterocycles. The van der Waals surface area contributed by atoms with Crippen molar-refractivity contribution in [2.24, 2.45) is 5.92 Å². The molecule has 4 rings (SSSR count). The van der Waals surface area contributed by atoms with Crippen molar-refractivity contribution in [2.45, 2.75) is 64.6 Å². The highest BCUT2D eigenvalue weighted by atomic mass is 79.9. The first kappa shape index (κ1) is 20.0. The molecular weight excluding hydrogens is 430 g/mol. The van der Waals surface area contributed by atoms with Crippen LogP contribution < -0.4 is 0 Å². The van der Waals surface area contributed by atoms with E-state index in [1.54, 1.807) is 4.90 Å². The van der Waals surface area contributed by atoms with E-state index < -0.39 is 5.60 Å². The van der Waals surface area contributed by atoms with Gasteiger partial charge in [-0.3, -0.25) is 4.90 Å². The molecule has 29 heavy (non-hydrogen) atoms. The fraction of sp³-hybridized carbons (Fsp3) is 0.478. The van der Waals surface area contributed by atoms with Crippen molar-refractivity contribution < 1.29 is 9.53 Å². The Hall–Kier alpha value is -2.26. The van der Waals surface area contributed by atoms with Crippen LogP contribution in [0.3, 0.4) is 0 Å². The Bertz CT molecular complexity index is 983. The van der Waals surface area contributed by atoms with Crippen LogP contribution in [0.25, 0.3) is 11.3 Å². The first-order chi connectivity index (χ1) is 13.7.